The third-order valence-corrected chi connectivity index (χ3v) is 3.50. The largest absolute Gasteiger partial charge is 0.544 e. The highest BCUT2D eigenvalue weighted by atomic mass is 28.4. The molecule has 1 aliphatic rings. The van der Waals surface area contributed by atoms with Crippen molar-refractivity contribution in [2.45, 2.75) is 45.5 Å². The molecule has 1 aromatic carbocycles. The van der Waals surface area contributed by atoms with Gasteiger partial charge in [-0.3, -0.25) is 4.79 Å². The smallest absolute Gasteiger partial charge is 0.242 e. The van der Waals surface area contributed by atoms with Crippen LogP contribution in [0.3, 0.4) is 0 Å². The fraction of sp³-hybridized carbons (Fsp3) is 0.500. The van der Waals surface area contributed by atoms with Gasteiger partial charge >= 0.3 is 0 Å². The average Bonchev–Trinajstić information content (AvgIpc) is 2.11. The van der Waals surface area contributed by atoms with E-state index < -0.39 is 13.9 Å². The zero-order valence-electron chi connectivity index (χ0n) is 11.7. The van der Waals surface area contributed by atoms with E-state index in [1.807, 2.05) is 32.0 Å². The van der Waals surface area contributed by atoms with Gasteiger partial charge in [0.05, 0.1) is 12.0 Å². The predicted molar refractivity (Wildman–Crippen MR) is 74.1 cm³/mol. The first-order valence-corrected chi connectivity index (χ1v) is 9.62. The molecule has 0 saturated carbocycles. The Kier molecular flexibility index (Phi) is 3.01. The maximum atomic E-state index is 12.0. The van der Waals surface area contributed by atoms with Crippen LogP contribution in [0.2, 0.25) is 19.6 Å². The van der Waals surface area contributed by atoms with Crippen molar-refractivity contribution in [2.75, 3.05) is 0 Å². The summed E-state index contributed by atoms with van der Waals surface area (Å²) >= 11 is 0. The number of benzene rings is 1. The van der Waals surface area contributed by atoms with Gasteiger partial charge < -0.3 is 9.16 Å². The van der Waals surface area contributed by atoms with Crippen LogP contribution in [0, 0.1) is 0 Å². The highest BCUT2D eigenvalue weighted by Gasteiger charge is 2.32. The molecule has 0 N–H and O–H groups in total. The van der Waals surface area contributed by atoms with Crippen LogP contribution in [0.1, 0.15) is 30.6 Å². The SMILES string of the molecule is CC1(C)CC(=O)c2ccc(O[Si](C)(C)C)cc2O1. The third kappa shape index (κ3) is 2.93. The average molecular weight is 264 g/mol. The minimum atomic E-state index is -1.64. The molecule has 1 aromatic rings. The van der Waals surface area contributed by atoms with Gasteiger partial charge in [-0.15, -0.1) is 0 Å². The van der Waals surface area contributed by atoms with Crippen molar-refractivity contribution in [3.8, 4) is 11.5 Å². The molecule has 0 bridgehead atoms. The number of ketones is 1. The third-order valence-electron chi connectivity index (χ3n) is 2.65. The van der Waals surface area contributed by atoms with Gasteiger partial charge in [-0.2, -0.15) is 0 Å². The Morgan fingerprint density at radius 1 is 1.28 bits per heavy atom. The summed E-state index contributed by atoms with van der Waals surface area (Å²) in [5.41, 5.74) is 0.235. The number of Topliss-reactive ketones (excluding diaryl/α,β-unsaturated/α-hetero) is 1. The first-order chi connectivity index (χ1) is 8.16. The molecule has 2 rings (SSSR count). The Bertz CT molecular complexity index is 486. The Hall–Kier alpha value is -1.29. The number of hydrogen-bond donors (Lipinski definition) is 0. The molecule has 0 aromatic heterocycles. The van der Waals surface area contributed by atoms with Crippen LogP contribution in [0.15, 0.2) is 18.2 Å². The maximum absolute atomic E-state index is 12.0. The minimum absolute atomic E-state index is 0.140. The molecule has 0 amide bonds. The van der Waals surface area contributed by atoms with Crippen molar-refractivity contribution in [3.63, 3.8) is 0 Å². The van der Waals surface area contributed by atoms with Crippen molar-refractivity contribution in [1.82, 2.24) is 0 Å². The summed E-state index contributed by atoms with van der Waals surface area (Å²) < 4.78 is 11.8. The fourth-order valence-electron chi connectivity index (χ4n) is 2.05. The maximum Gasteiger partial charge on any atom is 0.242 e. The number of carbonyl (C=O) groups is 1. The molecule has 0 fully saturated rings. The van der Waals surface area contributed by atoms with E-state index in [4.69, 9.17) is 9.16 Å². The van der Waals surface area contributed by atoms with Crippen molar-refractivity contribution < 1.29 is 14.0 Å². The van der Waals surface area contributed by atoms with Crippen LogP contribution in [0.4, 0.5) is 0 Å². The number of rotatable bonds is 2. The Morgan fingerprint density at radius 2 is 1.94 bits per heavy atom. The lowest BCUT2D eigenvalue weighted by Gasteiger charge is -2.32. The van der Waals surface area contributed by atoms with Crippen molar-refractivity contribution in [2.24, 2.45) is 0 Å². The topological polar surface area (TPSA) is 35.5 Å². The summed E-state index contributed by atoms with van der Waals surface area (Å²) in [4.78, 5) is 12.0. The molecule has 0 aliphatic carbocycles. The van der Waals surface area contributed by atoms with Gasteiger partial charge in [0.1, 0.15) is 17.1 Å². The van der Waals surface area contributed by atoms with E-state index in [0.29, 0.717) is 17.7 Å². The minimum Gasteiger partial charge on any atom is -0.544 e. The zero-order valence-corrected chi connectivity index (χ0v) is 12.7. The van der Waals surface area contributed by atoms with E-state index in [0.717, 1.165) is 5.75 Å². The van der Waals surface area contributed by atoms with Gasteiger partial charge in [0.25, 0.3) is 0 Å². The lowest BCUT2D eigenvalue weighted by Crippen LogP contribution is -2.36. The zero-order chi connectivity index (χ0) is 13.6. The molecule has 98 valence electrons. The molecule has 0 saturated heterocycles. The van der Waals surface area contributed by atoms with E-state index in [9.17, 15) is 4.79 Å². The van der Waals surface area contributed by atoms with E-state index in [2.05, 4.69) is 19.6 Å². The molecule has 0 spiro atoms. The van der Waals surface area contributed by atoms with E-state index in [-0.39, 0.29) is 5.78 Å². The predicted octanol–water partition coefficient (Wildman–Crippen LogP) is 3.64. The second-order valence-corrected chi connectivity index (χ2v) is 10.8. The summed E-state index contributed by atoms with van der Waals surface area (Å²) in [6, 6.07) is 5.51. The lowest BCUT2D eigenvalue weighted by atomic mass is 9.93. The van der Waals surface area contributed by atoms with Gasteiger partial charge in [-0.1, -0.05) is 0 Å². The van der Waals surface area contributed by atoms with Crippen LogP contribution in [-0.4, -0.2) is 19.7 Å². The standard InChI is InChI=1S/C14H20O3Si/c1-14(2)9-12(15)11-7-6-10(8-13(11)16-14)17-18(3,4)5/h6-8H,9H2,1-5H3. The van der Waals surface area contributed by atoms with E-state index >= 15 is 0 Å². The normalized spacial score (nSPS) is 17.9. The second-order valence-electron chi connectivity index (χ2n) is 6.33. The Balaban J connectivity index is 2.34. The summed E-state index contributed by atoms with van der Waals surface area (Å²) in [6.07, 6.45) is 0.425. The lowest BCUT2D eigenvalue weighted by molar-refractivity contribution is 0.0619. The van der Waals surface area contributed by atoms with Gasteiger partial charge in [0, 0.05) is 6.07 Å². The molecule has 3 nitrogen and oxygen atoms in total. The van der Waals surface area contributed by atoms with Crippen LogP contribution < -0.4 is 9.16 Å². The quantitative estimate of drug-likeness (QED) is 0.765. The van der Waals surface area contributed by atoms with Crippen molar-refractivity contribution in [3.05, 3.63) is 23.8 Å². The van der Waals surface area contributed by atoms with Crippen molar-refractivity contribution in [1.29, 1.82) is 0 Å². The summed E-state index contributed by atoms with van der Waals surface area (Å²) in [5.74, 6) is 1.58. The van der Waals surface area contributed by atoms with E-state index in [1.165, 1.54) is 0 Å². The van der Waals surface area contributed by atoms with Gasteiger partial charge in [0.15, 0.2) is 5.78 Å². The van der Waals surface area contributed by atoms with Gasteiger partial charge in [-0.25, -0.2) is 0 Å². The Labute approximate surface area is 109 Å². The van der Waals surface area contributed by atoms with Crippen molar-refractivity contribution >= 4 is 14.1 Å². The molecular weight excluding hydrogens is 244 g/mol. The number of hydrogen-bond acceptors (Lipinski definition) is 3. The molecule has 1 aliphatic heterocycles. The highest BCUT2D eigenvalue weighted by Crippen LogP contribution is 2.35. The number of ether oxygens (including phenoxy) is 1. The first kappa shape index (κ1) is 13.1. The van der Waals surface area contributed by atoms with Gasteiger partial charge in [0.2, 0.25) is 8.32 Å². The molecular formula is C14H20O3Si. The van der Waals surface area contributed by atoms with Crippen LogP contribution in [-0.2, 0) is 0 Å². The Morgan fingerprint density at radius 3 is 2.56 bits per heavy atom. The van der Waals surface area contributed by atoms with Crippen LogP contribution in [0.25, 0.3) is 0 Å². The summed E-state index contributed by atoms with van der Waals surface area (Å²) in [7, 11) is -1.64. The molecule has 4 heteroatoms. The van der Waals surface area contributed by atoms with E-state index in [1.54, 1.807) is 0 Å². The fourth-order valence-corrected chi connectivity index (χ4v) is 2.88. The number of carbonyl (C=O) groups excluding carboxylic acids is 1. The summed E-state index contributed by atoms with van der Waals surface area (Å²) in [5, 5.41) is 0. The first-order valence-electron chi connectivity index (χ1n) is 6.22. The van der Waals surface area contributed by atoms with Gasteiger partial charge in [-0.05, 0) is 45.6 Å². The molecule has 0 unspecified atom stereocenters. The van der Waals surface area contributed by atoms with Crippen LogP contribution >= 0.6 is 0 Å². The molecule has 18 heavy (non-hydrogen) atoms. The second kappa shape index (κ2) is 4.12. The molecule has 1 heterocycles. The number of fused-ring (bicyclic) bond motifs is 1. The monoisotopic (exact) mass is 264 g/mol. The van der Waals surface area contributed by atoms with Crippen LogP contribution in [0.5, 0.6) is 11.5 Å². The molecule has 0 atom stereocenters. The molecule has 0 radical (unpaired) electrons. The summed E-state index contributed by atoms with van der Waals surface area (Å²) in [6.45, 7) is 10.2. The highest BCUT2D eigenvalue weighted by molar-refractivity contribution is 6.70.